The number of rotatable bonds is 3. The molecule has 2 aromatic heterocycles. The first kappa shape index (κ1) is 19.9. The van der Waals surface area contributed by atoms with Crippen LogP contribution in [0.25, 0.3) is 5.82 Å². The van der Waals surface area contributed by atoms with Crippen LogP contribution in [0.15, 0.2) is 42.9 Å². The second-order valence-electron chi connectivity index (χ2n) is 7.96. The number of pyridine rings is 1. The molecule has 1 saturated heterocycles. The van der Waals surface area contributed by atoms with Gasteiger partial charge in [0.15, 0.2) is 11.6 Å². The summed E-state index contributed by atoms with van der Waals surface area (Å²) >= 11 is 6.55. The summed E-state index contributed by atoms with van der Waals surface area (Å²) in [5.41, 5.74) is 2.75. The zero-order valence-electron chi connectivity index (χ0n) is 16.7. The lowest BCUT2D eigenvalue weighted by Gasteiger charge is -2.20. The molecule has 0 saturated carbocycles. The minimum absolute atomic E-state index is 0.00560. The third-order valence-electron chi connectivity index (χ3n) is 5.80. The van der Waals surface area contributed by atoms with Crippen molar-refractivity contribution in [2.75, 3.05) is 13.2 Å². The summed E-state index contributed by atoms with van der Waals surface area (Å²) in [6, 6.07) is 6.65. The van der Waals surface area contributed by atoms with Gasteiger partial charge in [-0.25, -0.2) is 18.4 Å². The Hall–Kier alpha value is -3.00. The highest BCUT2D eigenvalue weighted by Gasteiger charge is 2.49. The van der Waals surface area contributed by atoms with Gasteiger partial charge in [0.25, 0.3) is 11.8 Å². The van der Waals surface area contributed by atoms with E-state index in [0.717, 1.165) is 16.7 Å². The zero-order valence-corrected chi connectivity index (χ0v) is 17.4. The maximum Gasteiger partial charge on any atom is 0.267 e. The van der Waals surface area contributed by atoms with Crippen molar-refractivity contribution in [3.63, 3.8) is 0 Å². The van der Waals surface area contributed by atoms with Crippen molar-refractivity contribution < 1.29 is 18.3 Å². The smallest absolute Gasteiger partial charge is 0.267 e. The van der Waals surface area contributed by atoms with E-state index in [-0.39, 0.29) is 17.9 Å². The molecule has 0 bridgehead atoms. The van der Waals surface area contributed by atoms with E-state index in [2.05, 4.69) is 10.1 Å². The Morgan fingerprint density at radius 2 is 2.19 bits per heavy atom. The monoisotopic (exact) mass is 444 g/mol. The first-order valence-electron chi connectivity index (χ1n) is 9.91. The van der Waals surface area contributed by atoms with E-state index in [9.17, 15) is 13.6 Å². The fraction of sp³-hybridized carbons (Fsp3) is 0.318. The molecule has 0 aliphatic carbocycles. The predicted octanol–water partition coefficient (Wildman–Crippen LogP) is 4.06. The number of fused-ring (bicyclic) bond motifs is 2. The topological polar surface area (TPSA) is 60.2 Å². The highest BCUT2D eigenvalue weighted by Crippen LogP contribution is 2.41. The van der Waals surface area contributed by atoms with E-state index in [1.807, 2.05) is 25.1 Å². The van der Waals surface area contributed by atoms with Crippen LogP contribution in [-0.2, 0) is 6.42 Å². The van der Waals surface area contributed by atoms with Gasteiger partial charge in [-0.05, 0) is 48.2 Å². The van der Waals surface area contributed by atoms with Crippen molar-refractivity contribution in [2.24, 2.45) is 0 Å². The number of ether oxygens (including phenoxy) is 1. The molecule has 5 rings (SSSR count). The van der Waals surface area contributed by atoms with E-state index in [1.165, 1.54) is 4.90 Å². The third kappa shape index (κ3) is 3.54. The second kappa shape index (κ2) is 7.30. The Balaban J connectivity index is 1.47. The molecule has 1 amide bonds. The van der Waals surface area contributed by atoms with E-state index >= 15 is 0 Å². The SMILES string of the molecule is Cc1c(Cc2ccc(-n3cccn3)nc2)cc2c(c1Cl)OC[C@H]1CC(F)(F)CN1C2=O. The maximum atomic E-state index is 13.9. The minimum atomic E-state index is -2.90. The van der Waals surface area contributed by atoms with E-state index in [0.29, 0.717) is 17.3 Å². The molecule has 1 fully saturated rings. The molecule has 6 nitrogen and oxygen atoms in total. The summed E-state index contributed by atoms with van der Waals surface area (Å²) in [5.74, 6) is -2.40. The van der Waals surface area contributed by atoms with Crippen LogP contribution >= 0.6 is 11.6 Å². The highest BCUT2D eigenvalue weighted by molar-refractivity contribution is 6.33. The fourth-order valence-electron chi connectivity index (χ4n) is 4.16. The third-order valence-corrected chi connectivity index (χ3v) is 6.26. The maximum absolute atomic E-state index is 13.9. The highest BCUT2D eigenvalue weighted by atomic mass is 35.5. The molecule has 1 atom stereocenters. The molecular formula is C22H19ClF2N4O2. The number of aromatic nitrogens is 3. The molecule has 0 unspecified atom stereocenters. The molecule has 3 aromatic rings. The van der Waals surface area contributed by atoms with Crippen molar-refractivity contribution >= 4 is 17.5 Å². The second-order valence-corrected chi connectivity index (χ2v) is 8.34. The summed E-state index contributed by atoms with van der Waals surface area (Å²) < 4.78 is 35.2. The van der Waals surface area contributed by atoms with Gasteiger partial charge < -0.3 is 9.64 Å². The molecule has 2 aliphatic rings. The van der Waals surface area contributed by atoms with Crippen molar-refractivity contribution in [3.05, 3.63) is 70.1 Å². The Morgan fingerprint density at radius 1 is 1.35 bits per heavy atom. The van der Waals surface area contributed by atoms with Gasteiger partial charge in [-0.15, -0.1) is 0 Å². The number of carbonyl (C=O) groups excluding carboxylic acids is 1. The van der Waals surface area contributed by atoms with Crippen LogP contribution < -0.4 is 4.74 Å². The quantitative estimate of drug-likeness (QED) is 0.611. The Bertz CT molecular complexity index is 1150. The fourth-order valence-corrected chi connectivity index (χ4v) is 4.44. The lowest BCUT2D eigenvalue weighted by Crippen LogP contribution is -2.37. The van der Waals surface area contributed by atoms with Crippen LogP contribution in [0, 0.1) is 6.92 Å². The van der Waals surface area contributed by atoms with Crippen molar-refractivity contribution in [1.29, 1.82) is 0 Å². The number of hydrogen-bond donors (Lipinski definition) is 0. The van der Waals surface area contributed by atoms with Crippen LogP contribution in [-0.4, -0.2) is 50.7 Å². The lowest BCUT2D eigenvalue weighted by molar-refractivity contribution is 0.0113. The van der Waals surface area contributed by atoms with Crippen LogP contribution in [0.3, 0.4) is 0 Å². The first-order chi connectivity index (χ1) is 14.8. The number of halogens is 3. The summed E-state index contributed by atoms with van der Waals surface area (Å²) in [7, 11) is 0. The van der Waals surface area contributed by atoms with Crippen LogP contribution in [0.1, 0.15) is 33.5 Å². The van der Waals surface area contributed by atoms with Crippen molar-refractivity contribution in [2.45, 2.75) is 31.7 Å². The molecule has 0 N–H and O–H groups in total. The van der Waals surface area contributed by atoms with Crippen LogP contribution in [0.5, 0.6) is 5.75 Å². The van der Waals surface area contributed by atoms with Crippen molar-refractivity contribution in [1.82, 2.24) is 19.7 Å². The summed E-state index contributed by atoms with van der Waals surface area (Å²) in [5, 5.41) is 4.50. The van der Waals surface area contributed by atoms with Gasteiger partial charge in [-0.2, -0.15) is 5.10 Å². The number of carbonyl (C=O) groups is 1. The van der Waals surface area contributed by atoms with Crippen molar-refractivity contribution in [3.8, 4) is 11.6 Å². The predicted molar refractivity (Wildman–Crippen MR) is 110 cm³/mol. The molecule has 0 radical (unpaired) electrons. The molecule has 31 heavy (non-hydrogen) atoms. The van der Waals surface area contributed by atoms with E-state index in [4.69, 9.17) is 16.3 Å². The number of nitrogens with zero attached hydrogens (tertiary/aromatic N) is 4. The van der Waals surface area contributed by atoms with Gasteiger partial charge in [0.1, 0.15) is 6.61 Å². The van der Waals surface area contributed by atoms with Gasteiger partial charge in [0.05, 0.1) is 23.2 Å². The van der Waals surface area contributed by atoms with Gasteiger partial charge in [0, 0.05) is 25.0 Å². The van der Waals surface area contributed by atoms with E-state index < -0.39 is 30.8 Å². The Kier molecular flexibility index (Phi) is 4.69. The number of hydrogen-bond acceptors (Lipinski definition) is 4. The van der Waals surface area contributed by atoms with Crippen LogP contribution in [0.4, 0.5) is 8.78 Å². The van der Waals surface area contributed by atoms with Gasteiger partial charge in [-0.3, -0.25) is 4.79 Å². The molecule has 9 heteroatoms. The minimum Gasteiger partial charge on any atom is -0.489 e. The number of amides is 1. The molecule has 160 valence electrons. The standard InChI is InChI=1S/C22H19ClF2N4O2/c1-13-15(7-14-3-4-18(26-10-14)29-6-2-5-27-29)8-17-20(19(13)23)31-11-16-9-22(24,25)12-28(16)21(17)30/h2-6,8,10,16H,7,9,11-12H2,1H3/t16-/m1/s1. The zero-order chi connectivity index (χ0) is 21.8. The van der Waals surface area contributed by atoms with Crippen LogP contribution in [0.2, 0.25) is 5.02 Å². The average Bonchev–Trinajstić information content (AvgIpc) is 3.36. The number of benzene rings is 1. The Morgan fingerprint density at radius 3 is 2.90 bits per heavy atom. The molecule has 2 aliphatic heterocycles. The normalized spacial score (nSPS) is 19.5. The Labute approximate surface area is 182 Å². The molecule has 0 spiro atoms. The summed E-state index contributed by atoms with van der Waals surface area (Å²) in [4.78, 5) is 18.7. The summed E-state index contributed by atoms with van der Waals surface area (Å²) in [6.07, 6.45) is 5.31. The van der Waals surface area contributed by atoms with E-state index in [1.54, 1.807) is 29.3 Å². The molecular weight excluding hydrogens is 426 g/mol. The number of alkyl halides is 2. The average molecular weight is 445 g/mol. The first-order valence-corrected chi connectivity index (χ1v) is 10.3. The van der Waals surface area contributed by atoms with Gasteiger partial charge >= 0.3 is 0 Å². The van der Waals surface area contributed by atoms with Gasteiger partial charge in [0.2, 0.25) is 0 Å². The summed E-state index contributed by atoms with van der Waals surface area (Å²) in [6.45, 7) is 1.27. The lowest BCUT2D eigenvalue weighted by atomic mass is 9.97. The largest absolute Gasteiger partial charge is 0.489 e. The van der Waals surface area contributed by atoms with Gasteiger partial charge in [-0.1, -0.05) is 17.7 Å². The molecule has 1 aromatic carbocycles. The molecule has 4 heterocycles.